The van der Waals surface area contributed by atoms with Crippen LogP contribution in [0.2, 0.25) is 0 Å². The van der Waals surface area contributed by atoms with Crippen LogP contribution in [-0.4, -0.2) is 62.1 Å². The van der Waals surface area contributed by atoms with Crippen molar-refractivity contribution in [1.82, 2.24) is 19.6 Å². The van der Waals surface area contributed by atoms with Gasteiger partial charge < -0.3 is 9.80 Å². The average Bonchev–Trinajstić information content (AvgIpc) is 3.71. The van der Waals surface area contributed by atoms with Crippen LogP contribution in [-0.2, 0) is 16.8 Å². The molecule has 0 spiro atoms. The predicted octanol–water partition coefficient (Wildman–Crippen LogP) is 4.82. The molecule has 1 aromatic heterocycles. The van der Waals surface area contributed by atoms with E-state index in [2.05, 4.69) is 20.8 Å². The number of carbonyl (C=O) groups is 3. The second-order valence-electron chi connectivity index (χ2n) is 12.0. The number of benzene rings is 3. The normalized spacial score (nSPS) is 22.1. The first-order valence-corrected chi connectivity index (χ1v) is 13.8. The van der Waals surface area contributed by atoms with Crippen LogP contribution in [0.5, 0.6) is 0 Å². The molecule has 3 aromatic carbocycles. The molecule has 7 rings (SSSR count). The summed E-state index contributed by atoms with van der Waals surface area (Å²) in [6.07, 6.45) is 0.607. The van der Waals surface area contributed by atoms with Crippen molar-refractivity contribution in [3.05, 3.63) is 95.8 Å². The molecule has 3 aliphatic rings. The summed E-state index contributed by atoms with van der Waals surface area (Å²) < 4.78 is 1.78. The highest BCUT2D eigenvalue weighted by Gasteiger charge is 2.63. The molecule has 8 nitrogen and oxygen atoms in total. The Morgan fingerprint density at radius 2 is 1.68 bits per heavy atom. The number of nitrogens with zero attached hydrogens (tertiary/aromatic N) is 5. The number of hydrogen-bond acceptors (Lipinski definition) is 4. The third-order valence-electron chi connectivity index (χ3n) is 8.48. The van der Waals surface area contributed by atoms with Gasteiger partial charge in [0.15, 0.2) is 0 Å². The number of urea groups is 1. The predicted molar refractivity (Wildman–Crippen MR) is 152 cm³/mol. The first-order chi connectivity index (χ1) is 19.2. The molecule has 3 fully saturated rings. The number of likely N-dealkylation sites (tertiary alicyclic amines) is 1. The summed E-state index contributed by atoms with van der Waals surface area (Å²) in [6.45, 7) is 7.12. The highest BCUT2D eigenvalue weighted by molar-refractivity contribution is 6.25. The maximum Gasteiger partial charge on any atom is 0.332 e. The quantitative estimate of drug-likeness (QED) is 0.353. The van der Waals surface area contributed by atoms with Crippen molar-refractivity contribution in [3.63, 3.8) is 0 Å². The van der Waals surface area contributed by atoms with E-state index in [0.717, 1.165) is 22.0 Å². The minimum atomic E-state index is -0.679. The Morgan fingerprint density at radius 3 is 2.45 bits per heavy atom. The number of aromatic nitrogens is 2. The number of amides is 4. The molecule has 4 aromatic rings. The van der Waals surface area contributed by atoms with Gasteiger partial charge in [0, 0.05) is 17.3 Å². The number of anilines is 1. The summed E-state index contributed by atoms with van der Waals surface area (Å²) in [7, 11) is 0. The van der Waals surface area contributed by atoms with Crippen LogP contribution in [0.3, 0.4) is 0 Å². The Hall–Kier alpha value is -4.46. The number of carbonyl (C=O) groups excluding carboxylic acids is 3. The van der Waals surface area contributed by atoms with E-state index in [0.29, 0.717) is 30.9 Å². The van der Waals surface area contributed by atoms with E-state index in [9.17, 15) is 14.4 Å². The molecule has 0 saturated carbocycles. The Balaban J connectivity index is 1.21. The lowest BCUT2D eigenvalue weighted by Crippen LogP contribution is -2.55. The summed E-state index contributed by atoms with van der Waals surface area (Å²) in [4.78, 5) is 46.5. The lowest BCUT2D eigenvalue weighted by Gasteiger charge is -2.34. The summed E-state index contributed by atoms with van der Waals surface area (Å²) in [5.74, 6) is -0.408. The van der Waals surface area contributed by atoms with Gasteiger partial charge in [-0.1, -0.05) is 87.5 Å². The fourth-order valence-corrected chi connectivity index (χ4v) is 6.50. The highest BCUT2D eigenvalue weighted by Crippen LogP contribution is 2.44. The van der Waals surface area contributed by atoms with E-state index < -0.39 is 6.04 Å². The molecular weight excluding hydrogens is 502 g/mol. The minimum absolute atomic E-state index is 0.144. The van der Waals surface area contributed by atoms with Crippen molar-refractivity contribution in [2.75, 3.05) is 11.4 Å². The van der Waals surface area contributed by atoms with Crippen molar-refractivity contribution in [2.45, 2.75) is 57.3 Å². The van der Waals surface area contributed by atoms with Crippen molar-refractivity contribution < 1.29 is 14.4 Å². The van der Waals surface area contributed by atoms with Gasteiger partial charge >= 0.3 is 6.03 Å². The molecule has 4 heterocycles. The van der Waals surface area contributed by atoms with Crippen LogP contribution >= 0.6 is 0 Å². The topological polar surface area (TPSA) is 78.8 Å². The lowest BCUT2D eigenvalue weighted by molar-refractivity contribution is -0.121. The van der Waals surface area contributed by atoms with E-state index in [1.54, 1.807) is 14.5 Å². The number of rotatable bonds is 4. The fraction of sp³-hybridized carbons (Fsp3) is 0.312. The van der Waals surface area contributed by atoms with E-state index in [1.165, 1.54) is 4.90 Å². The Bertz CT molecular complexity index is 1670. The maximum absolute atomic E-state index is 14.1. The fourth-order valence-electron chi connectivity index (χ4n) is 6.50. The minimum Gasteiger partial charge on any atom is -0.330 e. The van der Waals surface area contributed by atoms with Crippen molar-refractivity contribution in [3.8, 4) is 0 Å². The molecule has 0 aliphatic carbocycles. The molecular formula is C32H31N5O3. The van der Waals surface area contributed by atoms with E-state index in [-0.39, 0.29) is 35.3 Å². The van der Waals surface area contributed by atoms with E-state index in [1.807, 2.05) is 78.9 Å². The van der Waals surface area contributed by atoms with Gasteiger partial charge in [-0.3, -0.25) is 14.3 Å². The van der Waals surface area contributed by atoms with Gasteiger partial charge in [-0.05, 0) is 29.5 Å². The van der Waals surface area contributed by atoms with Gasteiger partial charge in [-0.15, -0.1) is 0 Å². The third kappa shape index (κ3) is 3.66. The molecule has 3 saturated heterocycles. The van der Waals surface area contributed by atoms with Crippen LogP contribution in [0, 0.1) is 0 Å². The monoisotopic (exact) mass is 533 g/mol. The number of fused-ring (bicyclic) bond motifs is 6. The first-order valence-electron chi connectivity index (χ1n) is 13.8. The van der Waals surface area contributed by atoms with Crippen molar-refractivity contribution >= 4 is 34.3 Å². The standard InChI is InChI=1S/C32H31N5O3/c1-32(2,3)27-17-26(35(33-27)18-20-10-5-4-6-11-20)29(38)34-19-22-16-25(34)28-30(39)37(31(40)36(22)28)24-15-9-13-21-12-7-8-14-23(21)24/h4-15,17,22,25,28H,16,18-19H2,1-3H3/t22-,25?,28+/m1/s1. The molecule has 1 unspecified atom stereocenters. The molecule has 3 atom stereocenters. The van der Waals surface area contributed by atoms with Crippen molar-refractivity contribution in [2.24, 2.45) is 0 Å². The van der Waals surface area contributed by atoms with Gasteiger partial charge in [0.1, 0.15) is 11.7 Å². The van der Waals surface area contributed by atoms with Crippen molar-refractivity contribution in [1.29, 1.82) is 0 Å². The highest BCUT2D eigenvalue weighted by atomic mass is 16.2. The second-order valence-corrected chi connectivity index (χ2v) is 12.0. The molecule has 40 heavy (non-hydrogen) atoms. The number of hydrogen-bond donors (Lipinski definition) is 0. The molecule has 8 heteroatoms. The Kier molecular flexibility index (Phi) is 5.39. The van der Waals surface area contributed by atoms with Gasteiger partial charge in [0.05, 0.1) is 30.0 Å². The van der Waals surface area contributed by atoms with Gasteiger partial charge in [-0.2, -0.15) is 5.10 Å². The van der Waals surface area contributed by atoms with Gasteiger partial charge in [-0.25, -0.2) is 9.69 Å². The zero-order valence-electron chi connectivity index (χ0n) is 22.8. The van der Waals surface area contributed by atoms with E-state index in [4.69, 9.17) is 5.10 Å². The maximum atomic E-state index is 14.1. The molecule has 0 N–H and O–H groups in total. The molecule has 202 valence electrons. The number of imide groups is 1. The first kappa shape index (κ1) is 24.6. The lowest BCUT2D eigenvalue weighted by atomic mass is 9.92. The van der Waals surface area contributed by atoms with E-state index >= 15 is 0 Å². The van der Waals surface area contributed by atoms with Crippen LogP contribution in [0.4, 0.5) is 10.5 Å². The van der Waals surface area contributed by atoms with Crippen LogP contribution in [0.1, 0.15) is 48.9 Å². The largest absolute Gasteiger partial charge is 0.332 e. The van der Waals surface area contributed by atoms with Gasteiger partial charge in [0.2, 0.25) is 0 Å². The summed E-state index contributed by atoms with van der Waals surface area (Å²) in [6, 6.07) is 23.7. The van der Waals surface area contributed by atoms with Crippen LogP contribution in [0.15, 0.2) is 78.9 Å². The summed E-state index contributed by atoms with van der Waals surface area (Å²) in [5, 5.41) is 6.66. The molecule has 3 aliphatic heterocycles. The zero-order chi connectivity index (χ0) is 27.8. The average molecular weight is 534 g/mol. The SMILES string of the molecule is CC(C)(C)c1cc(C(=O)N2C[C@H]3CC2[C@H]2C(=O)N(c4cccc5ccccc45)C(=O)N32)n(Cc2ccccc2)n1. The van der Waals surface area contributed by atoms with Crippen LogP contribution in [0.25, 0.3) is 10.8 Å². The molecule has 2 bridgehead atoms. The van der Waals surface area contributed by atoms with Crippen LogP contribution < -0.4 is 4.90 Å². The number of piperazine rings is 1. The Morgan fingerprint density at radius 1 is 0.950 bits per heavy atom. The Labute approximate surface area is 232 Å². The summed E-state index contributed by atoms with van der Waals surface area (Å²) >= 11 is 0. The molecule has 0 radical (unpaired) electrons. The third-order valence-corrected chi connectivity index (χ3v) is 8.48. The van der Waals surface area contributed by atoms with Gasteiger partial charge in [0.25, 0.3) is 11.8 Å². The smallest absolute Gasteiger partial charge is 0.330 e. The summed E-state index contributed by atoms with van der Waals surface area (Å²) in [5.41, 5.74) is 2.76. The second kappa shape index (κ2) is 8.78. The zero-order valence-corrected chi connectivity index (χ0v) is 22.8. The molecule has 4 amide bonds.